The highest BCUT2D eigenvalue weighted by Gasteiger charge is 2.28. The van der Waals surface area contributed by atoms with Gasteiger partial charge in [0.25, 0.3) is 0 Å². The van der Waals surface area contributed by atoms with Crippen LogP contribution in [0.2, 0.25) is 0 Å². The molecule has 0 spiro atoms. The van der Waals surface area contributed by atoms with Gasteiger partial charge in [0.1, 0.15) is 23.2 Å². The van der Waals surface area contributed by atoms with Gasteiger partial charge < -0.3 is 23.7 Å². The lowest BCUT2D eigenvalue weighted by Crippen LogP contribution is -2.24. The first-order valence-corrected chi connectivity index (χ1v) is 10.9. The minimum Gasteiger partial charge on any atom is -0.494 e. The number of pyridine rings is 1. The fraction of sp³-hybridized carbons (Fsp3) is 0.375. The molecule has 1 aliphatic heterocycles. The molecule has 172 valence electrons. The molecule has 9 heteroatoms. The van der Waals surface area contributed by atoms with Crippen molar-refractivity contribution < 1.29 is 23.5 Å². The summed E-state index contributed by atoms with van der Waals surface area (Å²) < 4.78 is 32.3. The number of methoxy groups -OCH3 is 1. The number of aliphatic hydroxyl groups excluding tert-OH is 1. The molecule has 4 aromatic rings. The zero-order valence-corrected chi connectivity index (χ0v) is 18.7. The van der Waals surface area contributed by atoms with Crippen molar-refractivity contribution in [2.45, 2.75) is 38.8 Å². The number of halogens is 1. The largest absolute Gasteiger partial charge is 0.494 e. The number of hydrogen-bond donors (Lipinski definition) is 1. The molecule has 5 rings (SSSR count). The molecule has 33 heavy (non-hydrogen) atoms. The van der Waals surface area contributed by atoms with Gasteiger partial charge in [0.2, 0.25) is 0 Å². The molecular formula is C24H25FN4O4. The van der Waals surface area contributed by atoms with Crippen molar-refractivity contribution in [3.05, 3.63) is 59.1 Å². The summed E-state index contributed by atoms with van der Waals surface area (Å²) in [6.07, 6.45) is 2.38. The van der Waals surface area contributed by atoms with Gasteiger partial charge in [-0.3, -0.25) is 0 Å². The number of fused-ring (bicyclic) bond motifs is 1. The molecule has 1 N–H and O–H groups in total. The van der Waals surface area contributed by atoms with Crippen molar-refractivity contribution in [1.82, 2.24) is 19.7 Å². The van der Waals surface area contributed by atoms with Crippen molar-refractivity contribution in [1.29, 1.82) is 0 Å². The molecule has 3 aromatic heterocycles. The van der Waals surface area contributed by atoms with Crippen LogP contribution in [-0.4, -0.2) is 45.1 Å². The second-order valence-electron chi connectivity index (χ2n) is 8.27. The third kappa shape index (κ3) is 3.77. The van der Waals surface area contributed by atoms with E-state index in [1.165, 1.54) is 19.2 Å². The highest BCUT2D eigenvalue weighted by Crippen LogP contribution is 2.35. The van der Waals surface area contributed by atoms with E-state index in [1.807, 2.05) is 24.5 Å². The number of imidazole rings is 1. The van der Waals surface area contributed by atoms with Gasteiger partial charge in [-0.05, 0) is 50.5 Å². The lowest BCUT2D eigenvalue weighted by atomic mass is 10.1. The average Bonchev–Trinajstić information content (AvgIpc) is 3.37. The Hall–Kier alpha value is -3.30. The lowest BCUT2D eigenvalue weighted by Gasteiger charge is -2.26. The fourth-order valence-electron chi connectivity index (χ4n) is 4.51. The SMILES string of the molecule is COc1ccc(C(O)c2nc3cc(-c4c(C)noc4C)cnc3n2[C@@H]2CCCOC2)cc1F. The standard InChI is InChI=1S/C24H25FN4O4/c1-13-21(14(2)33-28-13)16-10-19-23(26-11-16)29(17-5-4-8-32-12-17)24(27-19)22(30)15-6-7-20(31-3)18(25)9-15/h6-7,9-11,17,22,30H,4-5,8,12H2,1-3H3/t17-,22?/m1/s1. The summed E-state index contributed by atoms with van der Waals surface area (Å²) in [6, 6.07) is 6.29. The quantitative estimate of drug-likeness (QED) is 0.483. The van der Waals surface area contributed by atoms with Gasteiger partial charge in [0, 0.05) is 23.9 Å². The maximum atomic E-state index is 14.4. The predicted octanol–water partition coefficient (Wildman–Crippen LogP) is 4.28. The number of aliphatic hydroxyl groups is 1. The molecular weight excluding hydrogens is 427 g/mol. The smallest absolute Gasteiger partial charge is 0.165 e. The lowest BCUT2D eigenvalue weighted by molar-refractivity contribution is 0.0568. The fourth-order valence-corrected chi connectivity index (χ4v) is 4.51. The number of aryl methyl sites for hydroxylation is 2. The summed E-state index contributed by atoms with van der Waals surface area (Å²) in [6.45, 7) is 4.93. The Morgan fingerprint density at radius 1 is 1.27 bits per heavy atom. The van der Waals surface area contributed by atoms with E-state index in [9.17, 15) is 9.50 Å². The topological polar surface area (TPSA) is 95.4 Å². The molecule has 0 amide bonds. The van der Waals surface area contributed by atoms with E-state index in [4.69, 9.17) is 24.0 Å². The molecule has 4 heterocycles. The van der Waals surface area contributed by atoms with Gasteiger partial charge in [0.15, 0.2) is 17.2 Å². The van der Waals surface area contributed by atoms with E-state index in [1.54, 1.807) is 12.3 Å². The van der Waals surface area contributed by atoms with Gasteiger partial charge in [-0.2, -0.15) is 0 Å². The Morgan fingerprint density at radius 2 is 2.12 bits per heavy atom. The molecule has 0 saturated carbocycles. The number of nitrogens with zero attached hydrogens (tertiary/aromatic N) is 4. The Kier molecular flexibility index (Phi) is 5.59. The summed E-state index contributed by atoms with van der Waals surface area (Å²) in [5.74, 6) is 0.665. The Labute approximate surface area is 190 Å². The molecule has 0 bridgehead atoms. The van der Waals surface area contributed by atoms with Gasteiger partial charge in [0.05, 0.1) is 25.5 Å². The minimum atomic E-state index is -1.15. The molecule has 2 atom stereocenters. The highest BCUT2D eigenvalue weighted by molar-refractivity contribution is 5.80. The minimum absolute atomic E-state index is 0.0334. The van der Waals surface area contributed by atoms with E-state index in [0.717, 1.165) is 29.7 Å². The number of ether oxygens (including phenoxy) is 2. The van der Waals surface area contributed by atoms with E-state index in [2.05, 4.69) is 5.16 Å². The molecule has 1 saturated heterocycles. The summed E-state index contributed by atoms with van der Waals surface area (Å²) in [5, 5.41) is 15.3. The van der Waals surface area contributed by atoms with Crippen LogP contribution in [0.15, 0.2) is 35.0 Å². The number of hydrogen-bond acceptors (Lipinski definition) is 7. The molecule has 0 aliphatic carbocycles. The zero-order valence-electron chi connectivity index (χ0n) is 18.7. The van der Waals surface area contributed by atoms with Crippen LogP contribution >= 0.6 is 0 Å². The van der Waals surface area contributed by atoms with Crippen molar-refractivity contribution in [2.24, 2.45) is 0 Å². The van der Waals surface area contributed by atoms with Gasteiger partial charge in [-0.15, -0.1) is 0 Å². The Balaban J connectivity index is 1.65. The van der Waals surface area contributed by atoms with Crippen LogP contribution in [0.1, 0.15) is 47.8 Å². The average molecular weight is 452 g/mol. The van der Waals surface area contributed by atoms with E-state index in [0.29, 0.717) is 41.5 Å². The van der Waals surface area contributed by atoms with Crippen LogP contribution in [0, 0.1) is 19.7 Å². The number of benzene rings is 1. The molecule has 1 unspecified atom stereocenters. The first kappa shape index (κ1) is 21.5. The molecule has 1 aliphatic rings. The third-order valence-corrected chi connectivity index (χ3v) is 6.12. The van der Waals surface area contributed by atoms with E-state index >= 15 is 0 Å². The summed E-state index contributed by atoms with van der Waals surface area (Å²) >= 11 is 0. The molecule has 1 aromatic carbocycles. The van der Waals surface area contributed by atoms with Crippen molar-refractivity contribution in [3.63, 3.8) is 0 Å². The maximum Gasteiger partial charge on any atom is 0.165 e. The van der Waals surface area contributed by atoms with Crippen molar-refractivity contribution in [3.8, 4) is 16.9 Å². The van der Waals surface area contributed by atoms with Gasteiger partial charge >= 0.3 is 0 Å². The normalized spacial score (nSPS) is 17.4. The van der Waals surface area contributed by atoms with Gasteiger partial charge in [-0.1, -0.05) is 11.2 Å². The second-order valence-corrected chi connectivity index (χ2v) is 8.27. The Morgan fingerprint density at radius 3 is 2.79 bits per heavy atom. The molecule has 0 radical (unpaired) electrons. The van der Waals surface area contributed by atoms with Crippen LogP contribution < -0.4 is 4.74 Å². The van der Waals surface area contributed by atoms with Crippen LogP contribution in [-0.2, 0) is 4.74 Å². The van der Waals surface area contributed by atoms with Crippen LogP contribution in [0.4, 0.5) is 4.39 Å². The van der Waals surface area contributed by atoms with E-state index in [-0.39, 0.29) is 11.8 Å². The monoisotopic (exact) mass is 452 g/mol. The highest BCUT2D eigenvalue weighted by atomic mass is 19.1. The molecule has 1 fully saturated rings. The van der Waals surface area contributed by atoms with Crippen molar-refractivity contribution in [2.75, 3.05) is 20.3 Å². The summed E-state index contributed by atoms with van der Waals surface area (Å²) in [5.41, 5.74) is 4.12. The molecule has 8 nitrogen and oxygen atoms in total. The summed E-state index contributed by atoms with van der Waals surface area (Å²) in [7, 11) is 1.40. The van der Waals surface area contributed by atoms with Crippen LogP contribution in [0.5, 0.6) is 5.75 Å². The van der Waals surface area contributed by atoms with Crippen molar-refractivity contribution >= 4 is 11.2 Å². The Bertz CT molecular complexity index is 1290. The third-order valence-electron chi connectivity index (χ3n) is 6.12. The van der Waals surface area contributed by atoms with Crippen LogP contribution in [0.25, 0.3) is 22.3 Å². The van der Waals surface area contributed by atoms with E-state index < -0.39 is 11.9 Å². The predicted molar refractivity (Wildman–Crippen MR) is 119 cm³/mol. The first-order chi connectivity index (χ1) is 16.0. The summed E-state index contributed by atoms with van der Waals surface area (Å²) in [4.78, 5) is 9.46. The number of rotatable bonds is 5. The maximum absolute atomic E-state index is 14.4. The zero-order chi connectivity index (χ0) is 23.1. The van der Waals surface area contributed by atoms with Crippen LogP contribution in [0.3, 0.4) is 0 Å². The number of aromatic nitrogens is 4. The first-order valence-electron chi connectivity index (χ1n) is 10.9. The second kappa shape index (κ2) is 8.57. The van der Waals surface area contributed by atoms with Gasteiger partial charge in [-0.25, -0.2) is 14.4 Å².